The monoisotopic (exact) mass is 409 g/mol. The van der Waals surface area contributed by atoms with Crippen molar-refractivity contribution in [3.8, 4) is 5.75 Å². The molecule has 0 atom stereocenters. The zero-order chi connectivity index (χ0) is 21.6. The second-order valence-corrected chi connectivity index (χ2v) is 6.58. The van der Waals surface area contributed by atoms with Crippen molar-refractivity contribution in [2.24, 2.45) is 0 Å². The zero-order valence-corrected chi connectivity index (χ0v) is 16.3. The van der Waals surface area contributed by atoms with Crippen LogP contribution in [0.3, 0.4) is 0 Å². The van der Waals surface area contributed by atoms with Crippen molar-refractivity contribution < 1.29 is 27.5 Å². The number of urea groups is 1. The lowest BCUT2D eigenvalue weighted by Gasteiger charge is -2.19. The molecule has 0 spiro atoms. The molecule has 2 aromatic carbocycles. The van der Waals surface area contributed by atoms with Gasteiger partial charge in [0.1, 0.15) is 5.75 Å². The average molecular weight is 409 g/mol. The third kappa shape index (κ3) is 7.11. The predicted molar refractivity (Wildman–Crippen MR) is 103 cm³/mol. The van der Waals surface area contributed by atoms with Gasteiger partial charge in [-0.15, -0.1) is 13.2 Å². The van der Waals surface area contributed by atoms with Crippen LogP contribution in [0, 0.1) is 13.8 Å². The topological polar surface area (TPSA) is 70.7 Å². The molecule has 0 saturated carbocycles. The lowest BCUT2D eigenvalue weighted by atomic mass is 10.1. The van der Waals surface area contributed by atoms with Crippen LogP contribution in [0.1, 0.15) is 16.7 Å². The average Bonchev–Trinajstić information content (AvgIpc) is 2.59. The summed E-state index contributed by atoms with van der Waals surface area (Å²) in [5, 5.41) is 4.81. The number of benzene rings is 2. The number of imide groups is 1. The first-order chi connectivity index (χ1) is 13.5. The molecule has 2 rings (SSSR count). The van der Waals surface area contributed by atoms with Gasteiger partial charge in [0.15, 0.2) is 0 Å². The Kier molecular flexibility index (Phi) is 7.22. The molecule has 3 amide bonds. The summed E-state index contributed by atoms with van der Waals surface area (Å²) in [5.74, 6) is -0.926. The van der Waals surface area contributed by atoms with Crippen LogP contribution in [0.4, 0.5) is 23.7 Å². The molecule has 0 saturated heterocycles. The summed E-state index contributed by atoms with van der Waals surface area (Å²) >= 11 is 0. The first-order valence-corrected chi connectivity index (χ1v) is 8.74. The van der Waals surface area contributed by atoms with Crippen LogP contribution in [0.25, 0.3) is 0 Å². The Morgan fingerprint density at radius 1 is 1.07 bits per heavy atom. The summed E-state index contributed by atoms with van der Waals surface area (Å²) in [5.41, 5.74) is 2.73. The second-order valence-electron chi connectivity index (χ2n) is 6.58. The minimum Gasteiger partial charge on any atom is -0.405 e. The molecule has 0 aromatic heterocycles. The molecule has 0 aliphatic rings. The summed E-state index contributed by atoms with van der Waals surface area (Å²) in [7, 11) is 1.55. The summed E-state index contributed by atoms with van der Waals surface area (Å²) < 4.78 is 41.5. The minimum atomic E-state index is -4.81. The number of nitrogens with one attached hydrogen (secondary N) is 2. The lowest BCUT2D eigenvalue weighted by Crippen LogP contribution is -2.40. The highest BCUT2D eigenvalue weighted by Gasteiger charge is 2.32. The van der Waals surface area contributed by atoms with E-state index in [1.165, 1.54) is 23.1 Å². The molecule has 0 heterocycles. The fourth-order valence-electron chi connectivity index (χ4n) is 2.66. The zero-order valence-electron chi connectivity index (χ0n) is 16.3. The normalized spacial score (nSPS) is 11.3. The van der Waals surface area contributed by atoms with Crippen LogP contribution in [0.5, 0.6) is 5.75 Å². The summed E-state index contributed by atoms with van der Waals surface area (Å²) in [6, 6.07) is 10.4. The molecule has 6 nitrogen and oxygen atoms in total. The Labute approximate surface area is 166 Å². The van der Waals surface area contributed by atoms with Gasteiger partial charge in [-0.3, -0.25) is 15.0 Å². The van der Waals surface area contributed by atoms with Crippen LogP contribution in [0.2, 0.25) is 0 Å². The highest BCUT2D eigenvalue weighted by molar-refractivity contribution is 6.02. The van der Waals surface area contributed by atoms with Crippen molar-refractivity contribution in [3.05, 3.63) is 59.2 Å². The van der Waals surface area contributed by atoms with Crippen LogP contribution in [-0.4, -0.2) is 36.8 Å². The number of hydrogen-bond donors (Lipinski definition) is 2. The summed E-state index contributed by atoms with van der Waals surface area (Å²) in [6.45, 7) is 3.58. The predicted octanol–water partition coefficient (Wildman–Crippen LogP) is 3.98. The number of ether oxygens (including phenoxy) is 1. The van der Waals surface area contributed by atoms with E-state index in [0.29, 0.717) is 5.69 Å². The van der Waals surface area contributed by atoms with E-state index >= 15 is 0 Å². The molecule has 0 aliphatic carbocycles. The highest BCUT2D eigenvalue weighted by Crippen LogP contribution is 2.26. The molecular formula is C20H22F3N3O3. The van der Waals surface area contributed by atoms with E-state index in [1.807, 2.05) is 19.9 Å². The van der Waals surface area contributed by atoms with Gasteiger partial charge in [-0.25, -0.2) is 4.79 Å². The standard InChI is InChI=1S/C20H22F3N3O3/c1-13-7-6-9-16(14(13)2)24-19(28)25-18(27)12-26(3)11-15-8-4-5-10-17(15)29-20(21,22)23/h4-10H,11-12H2,1-3H3,(H2,24,25,27,28). The van der Waals surface area contributed by atoms with E-state index in [4.69, 9.17) is 0 Å². The third-order valence-corrected chi connectivity index (χ3v) is 4.16. The molecule has 29 heavy (non-hydrogen) atoms. The SMILES string of the molecule is Cc1cccc(NC(=O)NC(=O)CN(C)Cc2ccccc2OC(F)(F)F)c1C. The van der Waals surface area contributed by atoms with Gasteiger partial charge >= 0.3 is 12.4 Å². The number of amides is 3. The molecule has 0 unspecified atom stereocenters. The number of likely N-dealkylation sites (N-methyl/N-ethyl adjacent to an activating group) is 1. The maximum atomic E-state index is 12.5. The number of para-hydroxylation sites is 1. The number of hydrogen-bond acceptors (Lipinski definition) is 4. The van der Waals surface area contributed by atoms with E-state index in [1.54, 1.807) is 25.2 Å². The number of anilines is 1. The largest absolute Gasteiger partial charge is 0.573 e. The number of carbonyl (C=O) groups excluding carboxylic acids is 2. The highest BCUT2D eigenvalue weighted by atomic mass is 19.4. The number of aryl methyl sites for hydroxylation is 1. The van der Waals surface area contributed by atoms with Gasteiger partial charge in [0.25, 0.3) is 0 Å². The van der Waals surface area contributed by atoms with Crippen LogP contribution in [0.15, 0.2) is 42.5 Å². The van der Waals surface area contributed by atoms with E-state index in [9.17, 15) is 22.8 Å². The molecule has 2 N–H and O–H groups in total. The Morgan fingerprint density at radius 3 is 2.45 bits per heavy atom. The molecule has 9 heteroatoms. The molecule has 0 aliphatic heterocycles. The Bertz CT molecular complexity index is 885. The quantitative estimate of drug-likeness (QED) is 0.757. The van der Waals surface area contributed by atoms with Gasteiger partial charge in [-0.2, -0.15) is 0 Å². The maximum absolute atomic E-state index is 12.5. The van der Waals surface area contributed by atoms with Crippen molar-refractivity contribution in [3.63, 3.8) is 0 Å². The van der Waals surface area contributed by atoms with E-state index in [0.717, 1.165) is 11.1 Å². The molecule has 2 aromatic rings. The number of nitrogens with zero attached hydrogens (tertiary/aromatic N) is 1. The number of carbonyl (C=O) groups is 2. The first kappa shape index (κ1) is 22.2. The van der Waals surface area contributed by atoms with Crippen LogP contribution in [-0.2, 0) is 11.3 Å². The number of alkyl halides is 3. The van der Waals surface area contributed by atoms with Gasteiger partial charge in [0, 0.05) is 17.8 Å². The van der Waals surface area contributed by atoms with Crippen molar-refractivity contribution >= 4 is 17.6 Å². The van der Waals surface area contributed by atoms with Crippen molar-refractivity contribution in [1.82, 2.24) is 10.2 Å². The summed E-state index contributed by atoms with van der Waals surface area (Å²) in [6.07, 6.45) is -4.81. The Balaban J connectivity index is 1.91. The van der Waals surface area contributed by atoms with E-state index < -0.39 is 18.3 Å². The first-order valence-electron chi connectivity index (χ1n) is 8.74. The summed E-state index contributed by atoms with van der Waals surface area (Å²) in [4.78, 5) is 25.6. The van der Waals surface area contributed by atoms with Gasteiger partial charge in [-0.05, 0) is 44.2 Å². The van der Waals surface area contributed by atoms with Crippen LogP contribution >= 0.6 is 0 Å². The molecular weight excluding hydrogens is 387 g/mol. The fourth-order valence-corrected chi connectivity index (χ4v) is 2.66. The second kappa shape index (κ2) is 9.42. The molecule has 0 radical (unpaired) electrons. The Hall–Kier alpha value is -3.07. The van der Waals surface area contributed by atoms with Crippen molar-refractivity contribution in [2.45, 2.75) is 26.8 Å². The van der Waals surface area contributed by atoms with Gasteiger partial charge < -0.3 is 10.1 Å². The Morgan fingerprint density at radius 2 is 1.76 bits per heavy atom. The minimum absolute atomic E-state index is 0.0261. The van der Waals surface area contributed by atoms with E-state index in [-0.39, 0.29) is 24.4 Å². The smallest absolute Gasteiger partial charge is 0.405 e. The van der Waals surface area contributed by atoms with Crippen LogP contribution < -0.4 is 15.4 Å². The molecule has 0 fully saturated rings. The molecule has 156 valence electrons. The van der Waals surface area contributed by atoms with E-state index in [2.05, 4.69) is 15.4 Å². The van der Waals surface area contributed by atoms with Crippen molar-refractivity contribution in [1.29, 1.82) is 0 Å². The van der Waals surface area contributed by atoms with Crippen molar-refractivity contribution in [2.75, 3.05) is 18.9 Å². The van der Waals surface area contributed by atoms with Gasteiger partial charge in [-0.1, -0.05) is 30.3 Å². The fraction of sp³-hybridized carbons (Fsp3) is 0.300. The lowest BCUT2D eigenvalue weighted by molar-refractivity contribution is -0.275. The van der Waals surface area contributed by atoms with Gasteiger partial charge in [0.05, 0.1) is 6.54 Å². The number of halogens is 3. The van der Waals surface area contributed by atoms with Gasteiger partial charge in [0.2, 0.25) is 5.91 Å². The molecule has 0 bridgehead atoms. The third-order valence-electron chi connectivity index (χ3n) is 4.16. The maximum Gasteiger partial charge on any atom is 0.573 e. The number of rotatable bonds is 6.